The predicted molar refractivity (Wildman–Crippen MR) is 115 cm³/mol. The van der Waals surface area contributed by atoms with E-state index in [1.807, 2.05) is 46.0 Å². The molecular formula is C21H28N4O3S. The van der Waals surface area contributed by atoms with Gasteiger partial charge in [0.15, 0.2) is 0 Å². The fourth-order valence-electron chi connectivity index (χ4n) is 3.25. The molecule has 1 aliphatic heterocycles. The van der Waals surface area contributed by atoms with Crippen LogP contribution in [0.2, 0.25) is 0 Å². The summed E-state index contributed by atoms with van der Waals surface area (Å²) in [6.07, 6.45) is 0.775. The third-order valence-electron chi connectivity index (χ3n) is 5.00. The maximum atomic E-state index is 12.3. The second-order valence-corrected chi connectivity index (χ2v) is 7.71. The number of benzene rings is 1. The summed E-state index contributed by atoms with van der Waals surface area (Å²) in [6.45, 7) is 5.07. The summed E-state index contributed by atoms with van der Waals surface area (Å²) in [6, 6.07) is 9.57. The molecule has 1 aromatic carbocycles. The van der Waals surface area contributed by atoms with Crippen LogP contribution in [0.1, 0.15) is 15.9 Å². The quantitative estimate of drug-likeness (QED) is 0.691. The lowest BCUT2D eigenvalue weighted by molar-refractivity contribution is 0.0640. The van der Waals surface area contributed by atoms with Crippen LogP contribution in [0, 0.1) is 0 Å². The Labute approximate surface area is 175 Å². The SMILES string of the molecule is COc1ccc(CCNC(=O)NCCN2CCN(C(=O)c3ccsc3)CC2)cc1. The molecular weight excluding hydrogens is 388 g/mol. The first kappa shape index (κ1) is 21.1. The highest BCUT2D eigenvalue weighted by Gasteiger charge is 2.22. The minimum atomic E-state index is -0.148. The Hall–Kier alpha value is -2.58. The van der Waals surface area contributed by atoms with E-state index >= 15 is 0 Å². The number of nitrogens with one attached hydrogen (secondary N) is 2. The van der Waals surface area contributed by atoms with E-state index in [0.29, 0.717) is 13.1 Å². The number of hydrogen-bond acceptors (Lipinski definition) is 5. The van der Waals surface area contributed by atoms with Crippen LogP contribution >= 0.6 is 11.3 Å². The number of carbonyl (C=O) groups is 2. The molecule has 0 saturated carbocycles. The minimum absolute atomic E-state index is 0.111. The van der Waals surface area contributed by atoms with Crippen LogP contribution in [0.25, 0.3) is 0 Å². The van der Waals surface area contributed by atoms with E-state index in [-0.39, 0.29) is 11.9 Å². The van der Waals surface area contributed by atoms with Crippen molar-refractivity contribution in [3.63, 3.8) is 0 Å². The molecule has 0 aliphatic carbocycles. The zero-order chi connectivity index (χ0) is 20.5. The van der Waals surface area contributed by atoms with Crippen molar-refractivity contribution in [2.24, 2.45) is 0 Å². The summed E-state index contributed by atoms with van der Waals surface area (Å²) in [5.74, 6) is 0.941. The van der Waals surface area contributed by atoms with E-state index in [2.05, 4.69) is 15.5 Å². The molecule has 0 bridgehead atoms. The van der Waals surface area contributed by atoms with E-state index in [1.54, 1.807) is 18.4 Å². The Kier molecular flexibility index (Phi) is 7.89. The molecule has 1 fully saturated rings. The first-order valence-corrected chi connectivity index (χ1v) is 10.8. The number of nitrogens with zero attached hydrogens (tertiary/aromatic N) is 2. The van der Waals surface area contributed by atoms with Gasteiger partial charge in [-0.25, -0.2) is 4.79 Å². The number of hydrogen-bond donors (Lipinski definition) is 2. The number of methoxy groups -OCH3 is 1. The zero-order valence-electron chi connectivity index (χ0n) is 16.7. The molecule has 0 unspecified atom stereocenters. The lowest BCUT2D eigenvalue weighted by Gasteiger charge is -2.34. The number of amides is 3. The largest absolute Gasteiger partial charge is 0.497 e. The number of urea groups is 1. The lowest BCUT2D eigenvalue weighted by atomic mass is 10.1. The van der Waals surface area contributed by atoms with Crippen molar-refractivity contribution in [1.29, 1.82) is 0 Å². The lowest BCUT2D eigenvalue weighted by Crippen LogP contribution is -2.50. The molecule has 3 rings (SSSR count). The Morgan fingerprint density at radius 2 is 1.76 bits per heavy atom. The van der Waals surface area contributed by atoms with Crippen molar-refractivity contribution in [3.05, 3.63) is 52.2 Å². The zero-order valence-corrected chi connectivity index (χ0v) is 17.5. The minimum Gasteiger partial charge on any atom is -0.497 e. The van der Waals surface area contributed by atoms with Crippen molar-refractivity contribution in [2.75, 3.05) is 52.9 Å². The van der Waals surface area contributed by atoms with Crippen molar-refractivity contribution < 1.29 is 14.3 Å². The smallest absolute Gasteiger partial charge is 0.314 e. The first-order valence-electron chi connectivity index (χ1n) is 9.84. The normalized spacial score (nSPS) is 14.4. The second-order valence-electron chi connectivity index (χ2n) is 6.93. The Bertz CT molecular complexity index is 772. The van der Waals surface area contributed by atoms with Gasteiger partial charge >= 0.3 is 6.03 Å². The van der Waals surface area contributed by atoms with Crippen LogP contribution in [-0.2, 0) is 6.42 Å². The van der Waals surface area contributed by atoms with Gasteiger partial charge in [0.1, 0.15) is 5.75 Å². The van der Waals surface area contributed by atoms with Gasteiger partial charge < -0.3 is 20.3 Å². The average Bonchev–Trinajstić information content (AvgIpc) is 3.29. The van der Waals surface area contributed by atoms with Crippen molar-refractivity contribution >= 4 is 23.3 Å². The highest BCUT2D eigenvalue weighted by Crippen LogP contribution is 2.12. The van der Waals surface area contributed by atoms with Crippen molar-refractivity contribution in [1.82, 2.24) is 20.4 Å². The van der Waals surface area contributed by atoms with Gasteiger partial charge in [-0.3, -0.25) is 9.69 Å². The summed E-state index contributed by atoms with van der Waals surface area (Å²) in [5.41, 5.74) is 1.93. The first-order chi connectivity index (χ1) is 14.2. The molecule has 7 nitrogen and oxygen atoms in total. The van der Waals surface area contributed by atoms with Crippen molar-refractivity contribution in [3.8, 4) is 5.75 Å². The van der Waals surface area contributed by atoms with Crippen LogP contribution in [-0.4, -0.2) is 74.7 Å². The molecule has 0 radical (unpaired) electrons. The Morgan fingerprint density at radius 1 is 1.03 bits per heavy atom. The summed E-state index contributed by atoms with van der Waals surface area (Å²) >= 11 is 1.54. The van der Waals surface area contributed by atoms with Gasteiger partial charge in [0.05, 0.1) is 12.7 Å². The topological polar surface area (TPSA) is 73.9 Å². The van der Waals surface area contributed by atoms with Crippen LogP contribution in [0.4, 0.5) is 4.79 Å². The van der Waals surface area contributed by atoms with Gasteiger partial charge in [-0.05, 0) is 35.6 Å². The molecule has 2 aromatic rings. The standard InChI is InChI=1S/C21H28N4O3S/c1-28-19-4-2-17(3-5-19)6-8-22-21(27)23-9-10-24-11-13-25(14-12-24)20(26)18-7-15-29-16-18/h2-5,7,15-16H,6,8-14H2,1H3,(H2,22,23,27). The summed E-state index contributed by atoms with van der Waals surface area (Å²) in [5, 5.41) is 9.61. The van der Waals surface area contributed by atoms with E-state index in [4.69, 9.17) is 4.74 Å². The molecule has 3 amide bonds. The van der Waals surface area contributed by atoms with Crippen LogP contribution in [0.3, 0.4) is 0 Å². The molecule has 2 N–H and O–H groups in total. The van der Waals surface area contributed by atoms with E-state index in [1.165, 1.54) is 0 Å². The number of thiophene rings is 1. The maximum absolute atomic E-state index is 12.3. The summed E-state index contributed by atoms with van der Waals surface area (Å²) in [7, 11) is 1.64. The van der Waals surface area contributed by atoms with Gasteiger partial charge in [0.25, 0.3) is 5.91 Å². The molecule has 1 aliphatic rings. The molecule has 2 heterocycles. The number of ether oxygens (including phenoxy) is 1. The van der Waals surface area contributed by atoms with Crippen LogP contribution in [0.15, 0.2) is 41.1 Å². The molecule has 8 heteroatoms. The van der Waals surface area contributed by atoms with Gasteiger partial charge in [-0.15, -0.1) is 0 Å². The number of carbonyl (C=O) groups excluding carboxylic acids is 2. The number of piperazine rings is 1. The Morgan fingerprint density at radius 3 is 2.41 bits per heavy atom. The molecule has 1 aromatic heterocycles. The fourth-order valence-corrected chi connectivity index (χ4v) is 3.88. The predicted octanol–water partition coefficient (Wildman–Crippen LogP) is 2.06. The summed E-state index contributed by atoms with van der Waals surface area (Å²) < 4.78 is 5.14. The highest BCUT2D eigenvalue weighted by molar-refractivity contribution is 7.08. The third-order valence-corrected chi connectivity index (χ3v) is 5.68. The molecule has 1 saturated heterocycles. The molecule has 0 atom stereocenters. The molecule has 0 spiro atoms. The van der Waals surface area contributed by atoms with Crippen molar-refractivity contribution in [2.45, 2.75) is 6.42 Å². The van der Waals surface area contributed by atoms with Gasteiger partial charge in [0, 0.05) is 51.2 Å². The van der Waals surface area contributed by atoms with E-state index in [9.17, 15) is 9.59 Å². The fraction of sp³-hybridized carbons (Fsp3) is 0.429. The van der Waals surface area contributed by atoms with Gasteiger partial charge in [-0.1, -0.05) is 12.1 Å². The van der Waals surface area contributed by atoms with E-state index < -0.39 is 0 Å². The monoisotopic (exact) mass is 416 g/mol. The second kappa shape index (κ2) is 10.8. The summed E-state index contributed by atoms with van der Waals surface area (Å²) in [4.78, 5) is 28.5. The van der Waals surface area contributed by atoms with E-state index in [0.717, 1.165) is 56.0 Å². The average molecular weight is 417 g/mol. The van der Waals surface area contributed by atoms with Gasteiger partial charge in [0.2, 0.25) is 0 Å². The number of rotatable bonds is 8. The Balaban J connectivity index is 1.26. The highest BCUT2D eigenvalue weighted by atomic mass is 32.1. The maximum Gasteiger partial charge on any atom is 0.314 e. The molecule has 156 valence electrons. The molecule has 29 heavy (non-hydrogen) atoms. The van der Waals surface area contributed by atoms with Crippen LogP contribution < -0.4 is 15.4 Å². The third kappa shape index (κ3) is 6.47. The van der Waals surface area contributed by atoms with Gasteiger partial charge in [-0.2, -0.15) is 11.3 Å². The van der Waals surface area contributed by atoms with Crippen LogP contribution in [0.5, 0.6) is 5.75 Å².